The Morgan fingerprint density at radius 3 is 2.89 bits per heavy atom. The standard InChI is InChI=1S/C13H10BrClO3/c1-2-17-13(16)11-7-10(14)12(18-11)8-4-3-5-9(15)6-8/h3-7H,2H2,1H3. The van der Waals surface area contributed by atoms with E-state index in [-0.39, 0.29) is 5.76 Å². The highest BCUT2D eigenvalue weighted by atomic mass is 79.9. The fraction of sp³-hybridized carbons (Fsp3) is 0.154. The predicted molar refractivity (Wildman–Crippen MR) is 72.8 cm³/mol. The van der Waals surface area contributed by atoms with Gasteiger partial charge < -0.3 is 9.15 Å². The van der Waals surface area contributed by atoms with Crippen LogP contribution in [0.5, 0.6) is 0 Å². The minimum atomic E-state index is -0.480. The van der Waals surface area contributed by atoms with Gasteiger partial charge in [-0.2, -0.15) is 0 Å². The average Bonchev–Trinajstić information content (AvgIpc) is 2.72. The van der Waals surface area contributed by atoms with Crippen LogP contribution < -0.4 is 0 Å². The minimum absolute atomic E-state index is 0.165. The molecule has 0 spiro atoms. The van der Waals surface area contributed by atoms with E-state index in [9.17, 15) is 4.79 Å². The molecule has 2 rings (SSSR count). The molecule has 0 aliphatic carbocycles. The van der Waals surface area contributed by atoms with E-state index in [1.807, 2.05) is 12.1 Å². The predicted octanol–water partition coefficient (Wildman–Crippen LogP) is 4.54. The van der Waals surface area contributed by atoms with Crippen molar-refractivity contribution in [3.8, 4) is 11.3 Å². The van der Waals surface area contributed by atoms with Crippen LogP contribution in [0.15, 0.2) is 39.2 Å². The molecule has 0 amide bonds. The summed E-state index contributed by atoms with van der Waals surface area (Å²) in [6, 6.07) is 8.80. The van der Waals surface area contributed by atoms with Gasteiger partial charge in [-0.25, -0.2) is 4.79 Å². The number of benzene rings is 1. The lowest BCUT2D eigenvalue weighted by atomic mass is 10.2. The quantitative estimate of drug-likeness (QED) is 0.776. The molecule has 0 N–H and O–H groups in total. The van der Waals surface area contributed by atoms with Crippen LogP contribution in [0.3, 0.4) is 0 Å². The van der Waals surface area contributed by atoms with E-state index in [4.69, 9.17) is 20.8 Å². The third-order valence-electron chi connectivity index (χ3n) is 2.25. The minimum Gasteiger partial charge on any atom is -0.460 e. The van der Waals surface area contributed by atoms with Crippen molar-refractivity contribution in [1.29, 1.82) is 0 Å². The lowest BCUT2D eigenvalue weighted by Gasteiger charge is -1.99. The highest BCUT2D eigenvalue weighted by Gasteiger charge is 2.17. The third-order valence-corrected chi connectivity index (χ3v) is 3.07. The van der Waals surface area contributed by atoms with Gasteiger partial charge in [0.25, 0.3) is 0 Å². The fourth-order valence-corrected chi connectivity index (χ4v) is 2.21. The summed E-state index contributed by atoms with van der Waals surface area (Å²) < 4.78 is 11.1. The second kappa shape index (κ2) is 5.59. The highest BCUT2D eigenvalue weighted by Crippen LogP contribution is 2.33. The number of esters is 1. The van der Waals surface area contributed by atoms with Crippen molar-refractivity contribution in [3.63, 3.8) is 0 Å². The van der Waals surface area contributed by atoms with Gasteiger partial charge in [-0.05, 0) is 35.0 Å². The van der Waals surface area contributed by atoms with Gasteiger partial charge >= 0.3 is 5.97 Å². The van der Waals surface area contributed by atoms with Crippen LogP contribution in [0.2, 0.25) is 5.02 Å². The second-order valence-electron chi connectivity index (χ2n) is 3.52. The van der Waals surface area contributed by atoms with Crippen LogP contribution in [0, 0.1) is 0 Å². The van der Waals surface area contributed by atoms with Crippen LogP contribution in [-0.2, 0) is 4.74 Å². The van der Waals surface area contributed by atoms with Gasteiger partial charge in [-0.1, -0.05) is 23.7 Å². The Hall–Kier alpha value is -1.26. The molecule has 2 aromatic rings. The van der Waals surface area contributed by atoms with Gasteiger partial charge in [0.05, 0.1) is 11.1 Å². The first-order valence-electron chi connectivity index (χ1n) is 5.34. The molecule has 0 atom stereocenters. The topological polar surface area (TPSA) is 39.4 Å². The molecule has 0 saturated carbocycles. The number of rotatable bonds is 3. The van der Waals surface area contributed by atoms with Crippen molar-refractivity contribution in [2.45, 2.75) is 6.92 Å². The summed E-state index contributed by atoms with van der Waals surface area (Å²) in [4.78, 5) is 11.5. The Kier molecular flexibility index (Phi) is 4.09. The second-order valence-corrected chi connectivity index (χ2v) is 4.81. The van der Waals surface area contributed by atoms with Gasteiger partial charge in [0.2, 0.25) is 5.76 Å². The van der Waals surface area contributed by atoms with E-state index in [0.717, 1.165) is 5.56 Å². The summed E-state index contributed by atoms with van der Waals surface area (Å²) in [6.07, 6.45) is 0. The van der Waals surface area contributed by atoms with Gasteiger partial charge in [-0.15, -0.1) is 0 Å². The molecule has 0 aliphatic heterocycles. The first-order valence-corrected chi connectivity index (χ1v) is 6.51. The number of carbonyl (C=O) groups is 1. The SMILES string of the molecule is CCOC(=O)c1cc(Br)c(-c2cccc(Cl)c2)o1. The summed E-state index contributed by atoms with van der Waals surface area (Å²) >= 11 is 9.27. The Morgan fingerprint density at radius 1 is 1.44 bits per heavy atom. The van der Waals surface area contributed by atoms with Crippen LogP contribution in [0.4, 0.5) is 0 Å². The van der Waals surface area contributed by atoms with Gasteiger partial charge in [0, 0.05) is 16.7 Å². The molecular formula is C13H10BrClO3. The molecule has 1 heterocycles. The lowest BCUT2D eigenvalue weighted by molar-refractivity contribution is 0.0491. The fourth-order valence-electron chi connectivity index (χ4n) is 1.50. The van der Waals surface area contributed by atoms with Crippen molar-refractivity contribution < 1.29 is 13.9 Å². The molecule has 3 nitrogen and oxygen atoms in total. The first kappa shape index (κ1) is 13.2. The lowest BCUT2D eigenvalue weighted by Crippen LogP contribution is -2.02. The van der Waals surface area contributed by atoms with Gasteiger partial charge in [0.15, 0.2) is 0 Å². The van der Waals surface area contributed by atoms with E-state index < -0.39 is 5.97 Å². The maximum atomic E-state index is 11.5. The van der Waals surface area contributed by atoms with E-state index in [1.54, 1.807) is 25.1 Å². The molecule has 1 aromatic carbocycles. The molecule has 94 valence electrons. The van der Waals surface area contributed by atoms with Crippen molar-refractivity contribution >= 4 is 33.5 Å². The van der Waals surface area contributed by atoms with Crippen molar-refractivity contribution in [2.75, 3.05) is 6.61 Å². The van der Waals surface area contributed by atoms with E-state index >= 15 is 0 Å². The number of hydrogen-bond acceptors (Lipinski definition) is 3. The van der Waals surface area contributed by atoms with Crippen molar-refractivity contribution in [2.24, 2.45) is 0 Å². The Balaban J connectivity index is 2.38. The largest absolute Gasteiger partial charge is 0.460 e. The molecule has 18 heavy (non-hydrogen) atoms. The summed E-state index contributed by atoms with van der Waals surface area (Å²) in [7, 11) is 0. The third kappa shape index (κ3) is 2.76. The van der Waals surface area contributed by atoms with E-state index in [1.165, 1.54) is 0 Å². The number of furan rings is 1. The number of hydrogen-bond donors (Lipinski definition) is 0. The Bertz CT molecular complexity index is 577. The van der Waals surface area contributed by atoms with Crippen LogP contribution >= 0.6 is 27.5 Å². The van der Waals surface area contributed by atoms with Gasteiger partial charge in [0.1, 0.15) is 5.76 Å². The summed E-state index contributed by atoms with van der Waals surface area (Å²) in [5.74, 6) is 0.241. The normalized spacial score (nSPS) is 10.4. The van der Waals surface area contributed by atoms with E-state index in [2.05, 4.69) is 15.9 Å². The molecular weight excluding hydrogens is 319 g/mol. The Morgan fingerprint density at radius 2 is 2.22 bits per heavy atom. The average molecular weight is 330 g/mol. The van der Waals surface area contributed by atoms with E-state index in [0.29, 0.717) is 21.9 Å². The highest BCUT2D eigenvalue weighted by molar-refractivity contribution is 9.10. The molecule has 0 radical (unpaired) electrons. The zero-order valence-electron chi connectivity index (χ0n) is 9.57. The van der Waals surface area contributed by atoms with Crippen molar-refractivity contribution in [1.82, 2.24) is 0 Å². The monoisotopic (exact) mass is 328 g/mol. The maximum absolute atomic E-state index is 11.5. The molecule has 5 heteroatoms. The zero-order chi connectivity index (χ0) is 13.1. The molecule has 0 saturated heterocycles. The summed E-state index contributed by atoms with van der Waals surface area (Å²) in [5, 5.41) is 0.605. The maximum Gasteiger partial charge on any atom is 0.374 e. The smallest absolute Gasteiger partial charge is 0.374 e. The number of halogens is 2. The molecule has 1 aromatic heterocycles. The summed E-state index contributed by atoms with van der Waals surface area (Å²) in [5.41, 5.74) is 0.796. The molecule has 0 unspecified atom stereocenters. The van der Waals surface area contributed by atoms with Crippen LogP contribution in [0.1, 0.15) is 17.5 Å². The van der Waals surface area contributed by atoms with Crippen molar-refractivity contribution in [3.05, 3.63) is 45.6 Å². The van der Waals surface area contributed by atoms with Crippen LogP contribution in [0.25, 0.3) is 11.3 Å². The summed E-state index contributed by atoms with van der Waals surface area (Å²) in [6.45, 7) is 2.05. The number of ether oxygens (including phenoxy) is 1. The number of carbonyl (C=O) groups excluding carboxylic acids is 1. The zero-order valence-corrected chi connectivity index (χ0v) is 11.9. The van der Waals surface area contributed by atoms with Gasteiger partial charge in [-0.3, -0.25) is 0 Å². The molecule has 0 bridgehead atoms. The molecule has 0 fully saturated rings. The molecule has 0 aliphatic rings. The Labute approximate surface area is 118 Å². The van der Waals surface area contributed by atoms with Crippen LogP contribution in [-0.4, -0.2) is 12.6 Å². The first-order chi connectivity index (χ1) is 8.61.